The van der Waals surface area contributed by atoms with Gasteiger partial charge in [-0.3, -0.25) is 9.78 Å². The smallest absolute Gasteiger partial charge is 0.255 e. The van der Waals surface area contributed by atoms with Gasteiger partial charge in [0.05, 0.1) is 11.8 Å². The van der Waals surface area contributed by atoms with Crippen molar-refractivity contribution in [3.63, 3.8) is 0 Å². The summed E-state index contributed by atoms with van der Waals surface area (Å²) in [5.41, 5.74) is 0.339. The summed E-state index contributed by atoms with van der Waals surface area (Å²) in [6, 6.07) is 1.54. The molecule has 0 aliphatic heterocycles. The highest BCUT2D eigenvalue weighted by atomic mass is 79.9. The standard InChI is InChI=1S/C14H18BrFN2O/c15-6-7-18(13-4-2-1-3-5-13)14(19)11-8-12(16)10-17-9-11/h8-10,13H,1-7H2. The summed E-state index contributed by atoms with van der Waals surface area (Å²) in [6.07, 6.45) is 8.22. The molecule has 19 heavy (non-hydrogen) atoms. The van der Waals surface area contributed by atoms with Crippen LogP contribution in [0, 0.1) is 5.82 Å². The minimum atomic E-state index is -0.465. The molecule has 3 nitrogen and oxygen atoms in total. The maximum Gasteiger partial charge on any atom is 0.255 e. The zero-order chi connectivity index (χ0) is 13.7. The van der Waals surface area contributed by atoms with Gasteiger partial charge in [0.25, 0.3) is 5.91 Å². The molecule has 2 rings (SSSR count). The highest BCUT2D eigenvalue weighted by Gasteiger charge is 2.26. The van der Waals surface area contributed by atoms with Crippen LogP contribution in [-0.2, 0) is 0 Å². The Morgan fingerprint density at radius 2 is 2.11 bits per heavy atom. The van der Waals surface area contributed by atoms with Gasteiger partial charge in [0.2, 0.25) is 0 Å². The highest BCUT2D eigenvalue weighted by Crippen LogP contribution is 2.24. The number of carbonyl (C=O) groups is 1. The van der Waals surface area contributed by atoms with Crippen LogP contribution in [0.25, 0.3) is 0 Å². The monoisotopic (exact) mass is 328 g/mol. The van der Waals surface area contributed by atoms with Crippen LogP contribution in [-0.4, -0.2) is 33.7 Å². The number of rotatable bonds is 4. The van der Waals surface area contributed by atoms with Crippen molar-refractivity contribution in [1.29, 1.82) is 0 Å². The van der Waals surface area contributed by atoms with E-state index < -0.39 is 5.82 Å². The number of hydrogen-bond donors (Lipinski definition) is 0. The van der Waals surface area contributed by atoms with E-state index in [1.807, 2.05) is 4.90 Å². The molecular weight excluding hydrogens is 311 g/mol. The van der Waals surface area contributed by atoms with E-state index in [-0.39, 0.29) is 11.9 Å². The van der Waals surface area contributed by atoms with Crippen LogP contribution >= 0.6 is 15.9 Å². The van der Waals surface area contributed by atoms with E-state index >= 15 is 0 Å². The van der Waals surface area contributed by atoms with E-state index in [0.717, 1.165) is 37.2 Å². The van der Waals surface area contributed by atoms with Crippen LogP contribution in [0.4, 0.5) is 4.39 Å². The Morgan fingerprint density at radius 1 is 1.37 bits per heavy atom. The fourth-order valence-electron chi connectivity index (χ4n) is 2.63. The number of halogens is 2. The summed E-state index contributed by atoms with van der Waals surface area (Å²) >= 11 is 3.39. The molecule has 1 aliphatic rings. The lowest BCUT2D eigenvalue weighted by Crippen LogP contribution is -2.42. The minimum absolute atomic E-state index is 0.113. The van der Waals surface area contributed by atoms with Crippen molar-refractivity contribution < 1.29 is 9.18 Å². The second-order valence-electron chi connectivity index (χ2n) is 4.87. The second-order valence-corrected chi connectivity index (χ2v) is 5.66. The third-order valence-corrected chi connectivity index (χ3v) is 3.91. The third-order valence-electron chi connectivity index (χ3n) is 3.55. The van der Waals surface area contributed by atoms with E-state index in [0.29, 0.717) is 12.1 Å². The predicted molar refractivity (Wildman–Crippen MR) is 75.9 cm³/mol. The number of hydrogen-bond acceptors (Lipinski definition) is 2. The molecule has 0 N–H and O–H groups in total. The van der Waals surface area contributed by atoms with Crippen LogP contribution in [0.15, 0.2) is 18.5 Å². The van der Waals surface area contributed by atoms with Gasteiger partial charge in [0.1, 0.15) is 5.82 Å². The molecule has 0 aromatic carbocycles. The first kappa shape index (κ1) is 14.4. The molecule has 0 unspecified atom stereocenters. The Morgan fingerprint density at radius 3 is 2.74 bits per heavy atom. The van der Waals surface area contributed by atoms with E-state index in [1.165, 1.54) is 18.7 Å². The average Bonchev–Trinajstić information content (AvgIpc) is 2.45. The molecule has 1 amide bonds. The number of carbonyl (C=O) groups excluding carboxylic acids is 1. The molecule has 0 spiro atoms. The molecule has 1 fully saturated rings. The lowest BCUT2D eigenvalue weighted by Gasteiger charge is -2.34. The molecular formula is C14H18BrFN2O. The molecule has 5 heteroatoms. The number of aromatic nitrogens is 1. The Balaban J connectivity index is 2.15. The normalized spacial score (nSPS) is 16.3. The van der Waals surface area contributed by atoms with Crippen molar-refractivity contribution in [2.24, 2.45) is 0 Å². The van der Waals surface area contributed by atoms with Crippen LogP contribution in [0.5, 0.6) is 0 Å². The molecule has 0 atom stereocenters. The van der Waals surface area contributed by atoms with Crippen molar-refractivity contribution in [2.45, 2.75) is 38.1 Å². The fourth-order valence-corrected chi connectivity index (χ4v) is 3.01. The zero-order valence-corrected chi connectivity index (χ0v) is 12.4. The Hall–Kier alpha value is -0.970. The van der Waals surface area contributed by atoms with E-state index in [9.17, 15) is 9.18 Å². The van der Waals surface area contributed by atoms with Gasteiger partial charge >= 0.3 is 0 Å². The summed E-state index contributed by atoms with van der Waals surface area (Å²) in [5.74, 6) is -0.577. The number of nitrogens with zero attached hydrogens (tertiary/aromatic N) is 2. The van der Waals surface area contributed by atoms with Gasteiger partial charge in [0, 0.05) is 24.1 Å². The van der Waals surface area contributed by atoms with Gasteiger partial charge in [-0.2, -0.15) is 0 Å². The summed E-state index contributed by atoms with van der Waals surface area (Å²) in [4.78, 5) is 18.1. The lowest BCUT2D eigenvalue weighted by molar-refractivity contribution is 0.0650. The van der Waals surface area contributed by atoms with Crippen molar-refractivity contribution in [3.8, 4) is 0 Å². The van der Waals surface area contributed by atoms with Crippen LogP contribution in [0.2, 0.25) is 0 Å². The largest absolute Gasteiger partial charge is 0.335 e. The Bertz CT molecular complexity index is 435. The fraction of sp³-hybridized carbons (Fsp3) is 0.571. The van der Waals surface area contributed by atoms with Crippen molar-refractivity contribution in [3.05, 3.63) is 29.8 Å². The van der Waals surface area contributed by atoms with Crippen LogP contribution in [0.3, 0.4) is 0 Å². The summed E-state index contributed by atoms with van der Waals surface area (Å²) in [5, 5.41) is 0.734. The van der Waals surface area contributed by atoms with Crippen molar-refractivity contribution in [2.75, 3.05) is 11.9 Å². The lowest BCUT2D eigenvalue weighted by atomic mass is 9.94. The van der Waals surface area contributed by atoms with Gasteiger partial charge in [-0.05, 0) is 18.9 Å². The van der Waals surface area contributed by atoms with Gasteiger partial charge in [0.15, 0.2) is 0 Å². The molecule has 0 saturated heterocycles. The van der Waals surface area contributed by atoms with Crippen LogP contribution in [0.1, 0.15) is 42.5 Å². The summed E-state index contributed by atoms with van der Waals surface area (Å²) < 4.78 is 13.2. The zero-order valence-electron chi connectivity index (χ0n) is 10.8. The first-order valence-corrected chi connectivity index (χ1v) is 7.82. The maximum atomic E-state index is 13.2. The van der Waals surface area contributed by atoms with Gasteiger partial charge in [-0.1, -0.05) is 35.2 Å². The van der Waals surface area contributed by atoms with E-state index in [2.05, 4.69) is 20.9 Å². The Labute approximate surface area is 121 Å². The third kappa shape index (κ3) is 3.75. The van der Waals surface area contributed by atoms with Gasteiger partial charge in [-0.15, -0.1) is 0 Å². The molecule has 1 heterocycles. The quantitative estimate of drug-likeness (QED) is 0.794. The maximum absolute atomic E-state index is 13.2. The van der Waals surface area contributed by atoms with Crippen LogP contribution < -0.4 is 0 Å². The first-order valence-electron chi connectivity index (χ1n) is 6.70. The molecule has 1 aliphatic carbocycles. The molecule has 1 aromatic heterocycles. The molecule has 104 valence electrons. The van der Waals surface area contributed by atoms with Gasteiger partial charge in [-0.25, -0.2) is 4.39 Å². The van der Waals surface area contributed by atoms with E-state index in [4.69, 9.17) is 0 Å². The predicted octanol–water partition coefficient (Wildman–Crippen LogP) is 3.39. The molecule has 0 radical (unpaired) electrons. The first-order chi connectivity index (χ1) is 9.22. The number of pyridine rings is 1. The number of amides is 1. The average molecular weight is 329 g/mol. The minimum Gasteiger partial charge on any atom is -0.335 e. The molecule has 1 saturated carbocycles. The molecule has 0 bridgehead atoms. The SMILES string of the molecule is O=C(c1cncc(F)c1)N(CCBr)C1CCCCC1. The van der Waals surface area contributed by atoms with E-state index in [1.54, 1.807) is 0 Å². The van der Waals surface area contributed by atoms with Crippen molar-refractivity contribution in [1.82, 2.24) is 9.88 Å². The summed E-state index contributed by atoms with van der Waals surface area (Å²) in [6.45, 7) is 0.653. The highest BCUT2D eigenvalue weighted by molar-refractivity contribution is 9.09. The van der Waals surface area contributed by atoms with Gasteiger partial charge < -0.3 is 4.90 Å². The summed E-state index contributed by atoms with van der Waals surface area (Å²) in [7, 11) is 0. The Kier molecular flexibility index (Phi) is 5.31. The molecule has 1 aromatic rings. The topological polar surface area (TPSA) is 33.2 Å². The second kappa shape index (κ2) is 6.98. The van der Waals surface area contributed by atoms with Crippen molar-refractivity contribution >= 4 is 21.8 Å². The number of alkyl halides is 1.